The van der Waals surface area contributed by atoms with Crippen molar-refractivity contribution >= 4 is 11.6 Å². The van der Waals surface area contributed by atoms with Crippen LogP contribution in [0.1, 0.15) is 28.1 Å². The van der Waals surface area contributed by atoms with Crippen molar-refractivity contribution in [3.63, 3.8) is 0 Å². The smallest absolute Gasteiger partial charge is 0.310 e. The Morgan fingerprint density at radius 2 is 1.88 bits per heavy atom. The molecular weight excluding hydrogens is 316 g/mol. The average molecular weight is 336 g/mol. The molecule has 0 spiro atoms. The molecule has 0 fully saturated rings. The van der Waals surface area contributed by atoms with E-state index in [9.17, 15) is 9.59 Å². The van der Waals surface area contributed by atoms with Gasteiger partial charge in [0.05, 0.1) is 12.1 Å². The molecule has 1 aromatic carbocycles. The van der Waals surface area contributed by atoms with Gasteiger partial charge in [-0.15, -0.1) is 0 Å². The molecule has 5 heteroatoms. The van der Waals surface area contributed by atoms with E-state index in [1.54, 1.807) is 6.07 Å². The number of fused-ring (bicyclic) bond motifs is 1. The van der Waals surface area contributed by atoms with Gasteiger partial charge >= 0.3 is 5.97 Å². The van der Waals surface area contributed by atoms with Crippen LogP contribution in [-0.2, 0) is 22.6 Å². The second-order valence-electron chi connectivity index (χ2n) is 6.20. The zero-order valence-corrected chi connectivity index (χ0v) is 14.6. The zero-order valence-electron chi connectivity index (χ0n) is 14.6. The van der Waals surface area contributed by atoms with E-state index in [2.05, 4.69) is 4.98 Å². The SMILES string of the molecule is Cc1ccc(CC(=O)OCc2cc(=O)n3c(C)cccc3n2)cc1C. The van der Waals surface area contributed by atoms with Crippen LogP contribution >= 0.6 is 0 Å². The van der Waals surface area contributed by atoms with E-state index < -0.39 is 0 Å². The van der Waals surface area contributed by atoms with Gasteiger partial charge in [-0.3, -0.25) is 14.0 Å². The molecule has 0 amide bonds. The third-order valence-electron chi connectivity index (χ3n) is 4.23. The lowest BCUT2D eigenvalue weighted by atomic mass is 10.0. The molecule has 0 saturated heterocycles. The first-order chi connectivity index (χ1) is 11.9. The van der Waals surface area contributed by atoms with Gasteiger partial charge in [-0.2, -0.15) is 0 Å². The number of pyridine rings is 1. The molecule has 128 valence electrons. The molecule has 0 saturated carbocycles. The van der Waals surface area contributed by atoms with E-state index in [0.717, 1.165) is 16.8 Å². The molecule has 25 heavy (non-hydrogen) atoms. The second-order valence-corrected chi connectivity index (χ2v) is 6.20. The molecule has 5 nitrogen and oxygen atoms in total. The molecule has 0 N–H and O–H groups in total. The van der Waals surface area contributed by atoms with Crippen LogP contribution in [0.25, 0.3) is 5.65 Å². The second kappa shape index (κ2) is 6.89. The highest BCUT2D eigenvalue weighted by atomic mass is 16.5. The minimum atomic E-state index is -0.338. The number of benzene rings is 1. The molecule has 3 rings (SSSR count). The predicted molar refractivity (Wildman–Crippen MR) is 95.6 cm³/mol. The van der Waals surface area contributed by atoms with Crippen LogP contribution < -0.4 is 5.56 Å². The first kappa shape index (κ1) is 16.9. The number of aromatic nitrogens is 2. The summed E-state index contributed by atoms with van der Waals surface area (Å²) in [5.41, 5.74) is 4.88. The first-order valence-corrected chi connectivity index (χ1v) is 8.14. The van der Waals surface area contributed by atoms with Crippen molar-refractivity contribution in [2.75, 3.05) is 0 Å². The summed E-state index contributed by atoms with van der Waals surface area (Å²) in [6.07, 6.45) is 0.201. The average Bonchev–Trinajstić information content (AvgIpc) is 2.56. The van der Waals surface area contributed by atoms with Gasteiger partial charge in [0, 0.05) is 11.8 Å². The molecule has 0 unspecified atom stereocenters. The molecule has 2 heterocycles. The van der Waals surface area contributed by atoms with E-state index in [4.69, 9.17) is 4.74 Å². The van der Waals surface area contributed by atoms with Crippen molar-refractivity contribution in [3.8, 4) is 0 Å². The maximum absolute atomic E-state index is 12.2. The minimum absolute atomic E-state index is 0.0106. The summed E-state index contributed by atoms with van der Waals surface area (Å²) in [6, 6.07) is 12.8. The van der Waals surface area contributed by atoms with Crippen LogP contribution in [0.2, 0.25) is 0 Å². The molecule has 0 aliphatic rings. The molecule has 0 aliphatic carbocycles. The van der Waals surface area contributed by atoms with E-state index >= 15 is 0 Å². The molecular formula is C20H20N2O3. The van der Waals surface area contributed by atoms with E-state index in [0.29, 0.717) is 11.3 Å². The minimum Gasteiger partial charge on any atom is -0.459 e. The molecule has 0 aliphatic heterocycles. The number of esters is 1. The van der Waals surface area contributed by atoms with Crippen LogP contribution in [0.15, 0.2) is 47.3 Å². The number of hydrogen-bond acceptors (Lipinski definition) is 4. The van der Waals surface area contributed by atoms with Gasteiger partial charge in [0.15, 0.2) is 0 Å². The highest BCUT2D eigenvalue weighted by Gasteiger charge is 2.09. The topological polar surface area (TPSA) is 60.7 Å². The lowest BCUT2D eigenvalue weighted by Gasteiger charge is -2.08. The lowest BCUT2D eigenvalue weighted by molar-refractivity contribution is -0.144. The van der Waals surface area contributed by atoms with Gasteiger partial charge in [-0.25, -0.2) is 4.98 Å². The van der Waals surface area contributed by atoms with Gasteiger partial charge in [0.2, 0.25) is 0 Å². The Morgan fingerprint density at radius 1 is 1.08 bits per heavy atom. The van der Waals surface area contributed by atoms with Gasteiger partial charge in [-0.1, -0.05) is 24.3 Å². The Labute approximate surface area is 145 Å². The maximum atomic E-state index is 12.2. The molecule has 2 aromatic heterocycles. The third-order valence-corrected chi connectivity index (χ3v) is 4.23. The number of carbonyl (C=O) groups is 1. The summed E-state index contributed by atoms with van der Waals surface area (Å²) in [4.78, 5) is 28.6. The quantitative estimate of drug-likeness (QED) is 0.687. The summed E-state index contributed by atoms with van der Waals surface area (Å²) in [5, 5.41) is 0. The third kappa shape index (κ3) is 3.76. The number of carbonyl (C=O) groups excluding carboxylic acids is 1. The van der Waals surface area contributed by atoms with Gasteiger partial charge in [-0.05, 0) is 49.6 Å². The van der Waals surface area contributed by atoms with Crippen molar-refractivity contribution in [1.82, 2.24) is 9.38 Å². The van der Waals surface area contributed by atoms with Crippen molar-refractivity contribution in [2.45, 2.75) is 33.8 Å². The van der Waals surface area contributed by atoms with E-state index in [1.165, 1.54) is 16.0 Å². The summed E-state index contributed by atoms with van der Waals surface area (Å²) < 4.78 is 6.81. The van der Waals surface area contributed by atoms with Crippen molar-refractivity contribution in [2.24, 2.45) is 0 Å². The van der Waals surface area contributed by atoms with Gasteiger partial charge < -0.3 is 4.74 Å². The largest absolute Gasteiger partial charge is 0.459 e. The Kier molecular flexibility index (Phi) is 4.65. The van der Waals surface area contributed by atoms with Crippen molar-refractivity contribution in [1.29, 1.82) is 0 Å². The maximum Gasteiger partial charge on any atom is 0.310 e. The number of rotatable bonds is 4. The number of hydrogen-bond donors (Lipinski definition) is 0. The number of aryl methyl sites for hydroxylation is 3. The number of ether oxygens (including phenoxy) is 1. The summed E-state index contributed by atoms with van der Waals surface area (Å²) >= 11 is 0. The Morgan fingerprint density at radius 3 is 2.64 bits per heavy atom. The fraction of sp³-hybridized carbons (Fsp3) is 0.250. The Hall–Kier alpha value is -2.95. The van der Waals surface area contributed by atoms with Gasteiger partial charge in [0.25, 0.3) is 5.56 Å². The molecule has 0 atom stereocenters. The van der Waals surface area contributed by atoms with Crippen LogP contribution in [0.5, 0.6) is 0 Å². The summed E-state index contributed by atoms with van der Waals surface area (Å²) in [6.45, 7) is 5.88. The van der Waals surface area contributed by atoms with Crippen LogP contribution in [0.3, 0.4) is 0 Å². The van der Waals surface area contributed by atoms with Crippen LogP contribution in [0, 0.1) is 20.8 Å². The van der Waals surface area contributed by atoms with E-state index in [1.807, 2.05) is 51.1 Å². The predicted octanol–water partition coefficient (Wildman–Crippen LogP) is 2.91. The first-order valence-electron chi connectivity index (χ1n) is 8.14. The molecule has 0 radical (unpaired) electrons. The highest BCUT2D eigenvalue weighted by molar-refractivity contribution is 5.72. The van der Waals surface area contributed by atoms with Crippen molar-refractivity contribution < 1.29 is 9.53 Å². The van der Waals surface area contributed by atoms with Gasteiger partial charge in [0.1, 0.15) is 12.3 Å². The lowest BCUT2D eigenvalue weighted by Crippen LogP contribution is -2.18. The van der Waals surface area contributed by atoms with E-state index in [-0.39, 0.29) is 24.6 Å². The standard InChI is InChI=1S/C20H20N2O3/c1-13-7-8-16(9-14(13)2)10-20(24)25-12-17-11-19(23)22-15(3)5-4-6-18(22)21-17/h4-9,11H,10,12H2,1-3H3. The molecule has 0 bridgehead atoms. The highest BCUT2D eigenvalue weighted by Crippen LogP contribution is 2.11. The Bertz CT molecular complexity index is 1010. The monoisotopic (exact) mass is 336 g/mol. The molecule has 3 aromatic rings. The Balaban J connectivity index is 1.71. The van der Waals surface area contributed by atoms with Crippen molar-refractivity contribution in [3.05, 3.63) is 80.9 Å². The number of nitrogens with zero attached hydrogens (tertiary/aromatic N) is 2. The summed E-state index contributed by atoms with van der Waals surface area (Å²) in [5.74, 6) is -0.338. The van der Waals surface area contributed by atoms with Crippen LogP contribution in [0.4, 0.5) is 0 Å². The van der Waals surface area contributed by atoms with Crippen LogP contribution in [-0.4, -0.2) is 15.4 Å². The fourth-order valence-electron chi connectivity index (χ4n) is 2.72. The fourth-order valence-corrected chi connectivity index (χ4v) is 2.72. The normalized spacial score (nSPS) is 10.8. The zero-order chi connectivity index (χ0) is 18.0. The summed E-state index contributed by atoms with van der Waals surface area (Å²) in [7, 11) is 0.